The molecule has 0 rings (SSSR count). The first-order valence-corrected chi connectivity index (χ1v) is 2.39. The molecule has 20 valence electrons. The van der Waals surface area contributed by atoms with Crippen molar-refractivity contribution in [1.82, 2.24) is 3.12 Å². The van der Waals surface area contributed by atoms with Gasteiger partial charge in [-0.2, -0.15) is 0 Å². The third-order valence-corrected chi connectivity index (χ3v) is 0. The Bertz CT molecular complexity index is 10.8. The van der Waals surface area contributed by atoms with Crippen LogP contribution < -0.4 is 0 Å². The van der Waals surface area contributed by atoms with Gasteiger partial charge in [-0.15, -0.1) is 0 Å². The van der Waals surface area contributed by atoms with Gasteiger partial charge in [0, 0.05) is 0 Å². The first-order chi connectivity index (χ1) is 1.73. The Morgan fingerprint density at radius 1 is 1.50 bits per heavy atom. The van der Waals surface area contributed by atoms with Crippen molar-refractivity contribution in [2.75, 3.05) is 14.1 Å². The van der Waals surface area contributed by atoms with Crippen molar-refractivity contribution in [2.24, 2.45) is 0 Å². The Hall–Kier alpha value is 0.759. The SMILES string of the molecule is C[N](C)[Sn+3]. The van der Waals surface area contributed by atoms with E-state index >= 15 is 0 Å². The second-order valence-corrected chi connectivity index (χ2v) is 3.45. The van der Waals surface area contributed by atoms with Gasteiger partial charge in [-0.25, -0.2) is 0 Å². The van der Waals surface area contributed by atoms with E-state index in [4.69, 9.17) is 0 Å². The van der Waals surface area contributed by atoms with E-state index in [9.17, 15) is 0 Å². The normalized spacial score (nSPS) is 9.25. The van der Waals surface area contributed by atoms with E-state index in [-0.39, 0.29) is 0 Å². The average Bonchev–Trinajstić information content (AvgIpc) is 0.811. The molecule has 0 aliphatic heterocycles. The first kappa shape index (κ1) is 4.76. The van der Waals surface area contributed by atoms with Crippen LogP contribution in [0, 0.1) is 0 Å². The fourth-order valence-corrected chi connectivity index (χ4v) is 0. The molecule has 0 saturated carbocycles. The van der Waals surface area contributed by atoms with Crippen LogP contribution in [0.25, 0.3) is 0 Å². The molecular weight excluding hydrogens is 157 g/mol. The van der Waals surface area contributed by atoms with Crippen molar-refractivity contribution < 1.29 is 0 Å². The molecule has 0 heterocycles. The third kappa shape index (κ3) is 14.8. The van der Waals surface area contributed by atoms with Crippen molar-refractivity contribution in [3.63, 3.8) is 0 Å². The zero-order valence-electron chi connectivity index (χ0n) is 2.95. The molecule has 1 nitrogen and oxygen atoms in total. The second-order valence-electron chi connectivity index (χ2n) is 0.894. The van der Waals surface area contributed by atoms with Gasteiger partial charge in [0.2, 0.25) is 0 Å². The van der Waals surface area contributed by atoms with E-state index in [0.29, 0.717) is 0 Å². The van der Waals surface area contributed by atoms with E-state index in [1.54, 1.807) is 0 Å². The van der Waals surface area contributed by atoms with Gasteiger partial charge in [0.15, 0.2) is 0 Å². The summed E-state index contributed by atoms with van der Waals surface area (Å²) in [6.45, 7) is 0. The van der Waals surface area contributed by atoms with E-state index in [2.05, 4.69) is 3.12 Å². The van der Waals surface area contributed by atoms with Crippen LogP contribution in [0.1, 0.15) is 0 Å². The summed E-state index contributed by atoms with van der Waals surface area (Å²) in [7, 11) is 4.08. The van der Waals surface area contributed by atoms with Gasteiger partial charge in [-0.3, -0.25) is 0 Å². The van der Waals surface area contributed by atoms with Crippen LogP contribution in [-0.2, 0) is 0 Å². The number of nitrogens with zero attached hydrogens (tertiary/aromatic N) is 1. The monoisotopic (exact) mass is 164 g/mol. The van der Waals surface area contributed by atoms with Gasteiger partial charge in [0.25, 0.3) is 0 Å². The van der Waals surface area contributed by atoms with Crippen LogP contribution in [0.15, 0.2) is 0 Å². The van der Waals surface area contributed by atoms with Crippen LogP contribution in [0.2, 0.25) is 0 Å². The molecule has 4 heavy (non-hydrogen) atoms. The quantitative estimate of drug-likeness (QED) is 0.440. The Labute approximate surface area is 40.4 Å². The zero-order valence-corrected chi connectivity index (χ0v) is 5.80. The molecule has 0 bridgehead atoms. The Morgan fingerprint density at radius 3 is 1.50 bits per heavy atom. The maximum atomic E-state index is 2.09. The Balaban J connectivity index is 2.32. The third-order valence-electron chi connectivity index (χ3n) is 0. The number of hydrogen-bond acceptors (Lipinski definition) is 1. The molecule has 0 unspecified atom stereocenters. The van der Waals surface area contributed by atoms with E-state index in [0.717, 1.165) is 0 Å². The predicted molar refractivity (Wildman–Crippen MR) is 19.4 cm³/mol. The zero-order chi connectivity index (χ0) is 3.58. The summed E-state index contributed by atoms with van der Waals surface area (Å²) in [6.07, 6.45) is 0. The summed E-state index contributed by atoms with van der Waals surface area (Å²) in [6, 6.07) is 0. The van der Waals surface area contributed by atoms with Gasteiger partial charge in [-0.1, -0.05) is 0 Å². The molecule has 2 heteroatoms. The minimum atomic E-state index is 1.47. The molecule has 0 fully saturated rings. The number of hydrogen-bond donors (Lipinski definition) is 0. The van der Waals surface area contributed by atoms with Crippen molar-refractivity contribution in [2.45, 2.75) is 0 Å². The van der Waals surface area contributed by atoms with Gasteiger partial charge in [-0.05, 0) is 0 Å². The fourth-order valence-electron chi connectivity index (χ4n) is 0. The Morgan fingerprint density at radius 2 is 1.50 bits per heavy atom. The molecule has 0 N–H and O–H groups in total. The Kier molecular flexibility index (Phi) is 2.41. The summed E-state index contributed by atoms with van der Waals surface area (Å²) < 4.78 is 2.09. The summed E-state index contributed by atoms with van der Waals surface area (Å²) in [5.41, 5.74) is 0. The molecule has 0 saturated heterocycles. The minimum absolute atomic E-state index is 1.47. The van der Waals surface area contributed by atoms with Gasteiger partial charge in [0.1, 0.15) is 0 Å². The predicted octanol–water partition coefficient (Wildman–Crippen LogP) is -0.369. The summed E-state index contributed by atoms with van der Waals surface area (Å²) in [5.74, 6) is 0. The summed E-state index contributed by atoms with van der Waals surface area (Å²) in [4.78, 5) is 0. The van der Waals surface area contributed by atoms with E-state index < -0.39 is 0 Å². The van der Waals surface area contributed by atoms with Crippen LogP contribution in [0.3, 0.4) is 0 Å². The summed E-state index contributed by atoms with van der Waals surface area (Å²) in [5, 5.41) is 0. The van der Waals surface area contributed by atoms with E-state index in [1.807, 2.05) is 14.1 Å². The molecule has 0 aromatic carbocycles. The van der Waals surface area contributed by atoms with Crippen LogP contribution in [0.4, 0.5) is 0 Å². The van der Waals surface area contributed by atoms with Crippen LogP contribution >= 0.6 is 0 Å². The maximum absolute atomic E-state index is 2.09. The van der Waals surface area contributed by atoms with Gasteiger partial charge >= 0.3 is 40.0 Å². The molecule has 0 radical (unpaired) electrons. The number of rotatable bonds is 0. The first-order valence-electron chi connectivity index (χ1n) is 1.12. The fraction of sp³-hybridized carbons (Fsp3) is 1.00. The van der Waals surface area contributed by atoms with Crippen molar-refractivity contribution in [1.29, 1.82) is 0 Å². The van der Waals surface area contributed by atoms with Gasteiger partial charge < -0.3 is 0 Å². The topological polar surface area (TPSA) is 3.24 Å². The standard InChI is InChI=1S/C2H6N.Sn/c1-3-2;/h1-2H3;/q-1;+4. The molecular formula is C2H6NSn+3. The summed E-state index contributed by atoms with van der Waals surface area (Å²) >= 11 is 1.47. The van der Waals surface area contributed by atoms with E-state index in [1.165, 1.54) is 22.8 Å². The van der Waals surface area contributed by atoms with Crippen LogP contribution in [-0.4, -0.2) is 40.0 Å². The second kappa shape index (κ2) is 2.02. The van der Waals surface area contributed by atoms with Crippen molar-refractivity contribution >= 4 is 22.8 Å². The average molecular weight is 163 g/mol. The molecule has 0 aromatic heterocycles. The van der Waals surface area contributed by atoms with Crippen molar-refractivity contribution in [3.8, 4) is 0 Å². The molecule has 0 aliphatic rings. The molecule has 0 aromatic rings. The molecule has 0 amide bonds. The molecule has 0 atom stereocenters. The molecule has 0 spiro atoms. The molecule has 0 aliphatic carbocycles. The van der Waals surface area contributed by atoms with Gasteiger partial charge in [0.05, 0.1) is 0 Å². The van der Waals surface area contributed by atoms with Crippen LogP contribution in [0.5, 0.6) is 0 Å². The van der Waals surface area contributed by atoms with Crippen molar-refractivity contribution in [3.05, 3.63) is 0 Å².